The smallest absolute Gasteiger partial charge is 0.268 e. The summed E-state index contributed by atoms with van der Waals surface area (Å²) in [7, 11) is 0. The number of nitrogens with one attached hydrogen (secondary N) is 3. The van der Waals surface area contributed by atoms with Gasteiger partial charge in [0.1, 0.15) is 17.1 Å². The molecule has 5 rings (SSSR count). The molecule has 0 spiro atoms. The molecule has 0 amide bonds. The molecule has 0 saturated heterocycles. The number of hydrogen-bond donors (Lipinski definition) is 3. The van der Waals surface area contributed by atoms with E-state index in [1.165, 1.54) is 6.20 Å². The zero-order valence-corrected chi connectivity index (χ0v) is 19.6. The summed E-state index contributed by atoms with van der Waals surface area (Å²) >= 11 is 0. The summed E-state index contributed by atoms with van der Waals surface area (Å²) in [5.41, 5.74) is 9.67. The molecule has 3 heterocycles. The fourth-order valence-electron chi connectivity index (χ4n) is 3.51. The lowest BCUT2D eigenvalue weighted by Crippen LogP contribution is -2.13. The molecule has 9 nitrogen and oxygen atoms in total. The van der Waals surface area contributed by atoms with Crippen LogP contribution >= 0.6 is 0 Å². The summed E-state index contributed by atoms with van der Waals surface area (Å²) in [6, 6.07) is 21.2. The van der Waals surface area contributed by atoms with E-state index in [4.69, 9.17) is 9.84 Å². The minimum Gasteiger partial charge on any atom is -0.455 e. The Kier molecular flexibility index (Phi) is 5.66. The van der Waals surface area contributed by atoms with E-state index in [0.717, 1.165) is 22.9 Å². The van der Waals surface area contributed by atoms with Gasteiger partial charge in [0.25, 0.3) is 5.56 Å². The molecule has 0 atom stereocenters. The van der Waals surface area contributed by atoms with Gasteiger partial charge in [-0.05, 0) is 24.3 Å². The number of para-hydroxylation sites is 1. The molecule has 5 aromatic rings. The predicted octanol–water partition coefficient (Wildman–Crippen LogP) is 5.03. The molecule has 0 aliphatic rings. The molecule has 3 aromatic heterocycles. The molecule has 0 aliphatic carbocycles. The summed E-state index contributed by atoms with van der Waals surface area (Å²) in [4.78, 5) is 22.5. The average Bonchev–Trinajstić information content (AvgIpc) is 3.29. The number of aromatic amines is 1. The molecular formula is C26H25N7O2. The number of rotatable bonds is 6. The summed E-state index contributed by atoms with van der Waals surface area (Å²) in [5, 5.41) is 4.82. The Labute approximate surface area is 201 Å². The third-order valence-electron chi connectivity index (χ3n) is 5.32. The van der Waals surface area contributed by atoms with Gasteiger partial charge >= 0.3 is 0 Å². The van der Waals surface area contributed by atoms with Crippen LogP contribution in [0, 0.1) is 0 Å². The summed E-state index contributed by atoms with van der Waals surface area (Å²) in [6.45, 7) is 6.40. The average molecular weight is 468 g/mol. The van der Waals surface area contributed by atoms with Crippen molar-refractivity contribution in [3.05, 3.63) is 95.2 Å². The van der Waals surface area contributed by atoms with Crippen LogP contribution in [0.4, 0.5) is 11.5 Å². The third-order valence-corrected chi connectivity index (χ3v) is 5.32. The first kappa shape index (κ1) is 22.1. The van der Waals surface area contributed by atoms with Gasteiger partial charge in [0.05, 0.1) is 23.3 Å². The molecule has 0 aliphatic heterocycles. The number of benzene rings is 2. The Morgan fingerprint density at radius 2 is 1.77 bits per heavy atom. The van der Waals surface area contributed by atoms with Gasteiger partial charge in [-0.1, -0.05) is 45.0 Å². The monoisotopic (exact) mass is 467 g/mol. The molecule has 0 unspecified atom stereocenters. The van der Waals surface area contributed by atoms with E-state index >= 15 is 0 Å². The van der Waals surface area contributed by atoms with Crippen LogP contribution in [0.2, 0.25) is 0 Å². The number of anilines is 2. The normalized spacial score (nSPS) is 11.4. The second-order valence-electron chi connectivity index (χ2n) is 9.05. The third kappa shape index (κ3) is 4.84. The first-order valence-corrected chi connectivity index (χ1v) is 11.2. The molecule has 0 saturated carbocycles. The van der Waals surface area contributed by atoms with Crippen molar-refractivity contribution < 1.29 is 4.74 Å². The van der Waals surface area contributed by atoms with Gasteiger partial charge in [0, 0.05) is 29.8 Å². The van der Waals surface area contributed by atoms with Crippen molar-refractivity contribution in [3.8, 4) is 17.2 Å². The first-order chi connectivity index (χ1) is 16.9. The zero-order valence-electron chi connectivity index (χ0n) is 19.6. The van der Waals surface area contributed by atoms with E-state index in [0.29, 0.717) is 22.7 Å². The van der Waals surface area contributed by atoms with Crippen molar-refractivity contribution in [2.45, 2.75) is 26.2 Å². The highest BCUT2D eigenvalue weighted by molar-refractivity contribution is 5.77. The Morgan fingerprint density at radius 3 is 2.57 bits per heavy atom. The van der Waals surface area contributed by atoms with Gasteiger partial charge in [0.2, 0.25) is 0 Å². The maximum atomic E-state index is 11.5. The number of fused-ring (bicyclic) bond motifs is 1. The lowest BCUT2D eigenvalue weighted by atomic mass is 9.92. The van der Waals surface area contributed by atoms with Gasteiger partial charge in [-0.2, -0.15) is 5.10 Å². The summed E-state index contributed by atoms with van der Waals surface area (Å²) in [5.74, 6) is 1.90. The van der Waals surface area contributed by atoms with Crippen LogP contribution in [0.15, 0.2) is 83.9 Å². The van der Waals surface area contributed by atoms with E-state index in [2.05, 4.69) is 46.6 Å². The van der Waals surface area contributed by atoms with E-state index in [9.17, 15) is 4.79 Å². The summed E-state index contributed by atoms with van der Waals surface area (Å²) in [6.07, 6.45) is 2.77. The molecule has 3 N–H and O–H groups in total. The minimum absolute atomic E-state index is 0.101. The lowest BCUT2D eigenvalue weighted by Gasteiger charge is -2.14. The lowest BCUT2D eigenvalue weighted by molar-refractivity contribution is 0.487. The van der Waals surface area contributed by atoms with E-state index in [-0.39, 0.29) is 11.0 Å². The predicted molar refractivity (Wildman–Crippen MR) is 136 cm³/mol. The van der Waals surface area contributed by atoms with Crippen LogP contribution in [0.5, 0.6) is 11.5 Å². The van der Waals surface area contributed by atoms with Crippen molar-refractivity contribution >= 4 is 22.7 Å². The standard InChI is InChI=1S/C26H25N7O2/c1-26(2,3)21-15-22(33(32-21)18-9-5-4-6-10-18)31-30-17-8-7-11-19(14-17)35-20-12-13-27-25-24(20)28-16-23(34)29-25/h4-16,30-31H,1-3H3,(H,27,29,34). The SMILES string of the molecule is CC(C)(C)c1cc(NNc2cccc(Oc3ccnc4[nH]c(=O)cnc34)c2)n(-c2ccccc2)n1. The van der Waals surface area contributed by atoms with Crippen molar-refractivity contribution in [3.63, 3.8) is 0 Å². The number of ether oxygens (including phenoxy) is 1. The number of aromatic nitrogens is 5. The molecular weight excluding hydrogens is 442 g/mol. The molecule has 0 radical (unpaired) electrons. The van der Waals surface area contributed by atoms with E-state index < -0.39 is 0 Å². The Morgan fingerprint density at radius 1 is 0.943 bits per heavy atom. The molecule has 2 aromatic carbocycles. The van der Waals surface area contributed by atoms with Gasteiger partial charge in [0.15, 0.2) is 11.4 Å². The largest absolute Gasteiger partial charge is 0.455 e. The second kappa shape index (κ2) is 8.94. The highest BCUT2D eigenvalue weighted by atomic mass is 16.5. The fourth-order valence-corrected chi connectivity index (χ4v) is 3.51. The zero-order chi connectivity index (χ0) is 24.4. The van der Waals surface area contributed by atoms with Crippen LogP contribution in [0.25, 0.3) is 16.9 Å². The topological polar surface area (TPSA) is 110 Å². The maximum Gasteiger partial charge on any atom is 0.268 e. The number of pyridine rings is 1. The van der Waals surface area contributed by atoms with Crippen LogP contribution < -0.4 is 21.1 Å². The maximum absolute atomic E-state index is 11.5. The number of hydrazine groups is 1. The highest BCUT2D eigenvalue weighted by Crippen LogP contribution is 2.29. The van der Waals surface area contributed by atoms with Gasteiger partial charge < -0.3 is 9.72 Å². The van der Waals surface area contributed by atoms with Crippen molar-refractivity contribution in [2.75, 3.05) is 10.9 Å². The molecule has 9 heteroatoms. The number of H-pyrrole nitrogens is 1. The highest BCUT2D eigenvalue weighted by Gasteiger charge is 2.20. The van der Waals surface area contributed by atoms with E-state index in [1.807, 2.05) is 65.3 Å². The van der Waals surface area contributed by atoms with E-state index in [1.54, 1.807) is 12.3 Å². The Hall–Kier alpha value is -4.66. The van der Waals surface area contributed by atoms with Crippen molar-refractivity contribution in [2.24, 2.45) is 0 Å². The molecule has 176 valence electrons. The minimum atomic E-state index is -0.316. The summed E-state index contributed by atoms with van der Waals surface area (Å²) < 4.78 is 7.93. The molecule has 0 bridgehead atoms. The van der Waals surface area contributed by atoms with Crippen LogP contribution in [0.3, 0.4) is 0 Å². The van der Waals surface area contributed by atoms with Gasteiger partial charge in [-0.3, -0.25) is 15.6 Å². The molecule has 35 heavy (non-hydrogen) atoms. The number of nitrogens with zero attached hydrogens (tertiary/aromatic N) is 4. The van der Waals surface area contributed by atoms with Gasteiger partial charge in [-0.15, -0.1) is 0 Å². The van der Waals surface area contributed by atoms with Crippen LogP contribution in [-0.4, -0.2) is 24.7 Å². The van der Waals surface area contributed by atoms with Crippen molar-refractivity contribution in [1.82, 2.24) is 24.7 Å². The fraction of sp³-hybridized carbons (Fsp3) is 0.154. The quantitative estimate of drug-likeness (QED) is 0.300. The first-order valence-electron chi connectivity index (χ1n) is 11.2. The van der Waals surface area contributed by atoms with Gasteiger partial charge in [-0.25, -0.2) is 14.6 Å². The van der Waals surface area contributed by atoms with Crippen LogP contribution in [-0.2, 0) is 5.41 Å². The second-order valence-corrected chi connectivity index (χ2v) is 9.05. The van der Waals surface area contributed by atoms with Crippen LogP contribution in [0.1, 0.15) is 26.5 Å². The van der Waals surface area contributed by atoms with Crippen molar-refractivity contribution in [1.29, 1.82) is 0 Å². The Bertz CT molecular complexity index is 1540. The number of hydrogen-bond acceptors (Lipinski definition) is 7. The Balaban J connectivity index is 1.39. The molecule has 0 fully saturated rings.